The summed E-state index contributed by atoms with van der Waals surface area (Å²) in [5.74, 6) is 0. The molecule has 2 heterocycles. The van der Waals surface area contributed by atoms with Gasteiger partial charge in [-0.1, -0.05) is 6.92 Å². The van der Waals surface area contributed by atoms with Crippen LogP contribution in [-0.4, -0.2) is 40.1 Å². The minimum Gasteiger partial charge on any atom is -0.337 e. The van der Waals surface area contributed by atoms with Gasteiger partial charge in [0.25, 0.3) is 0 Å². The number of aromatic nitrogens is 2. The quantitative estimate of drug-likeness (QED) is 0.825. The van der Waals surface area contributed by atoms with Gasteiger partial charge in [-0.2, -0.15) is 0 Å². The van der Waals surface area contributed by atoms with Crippen LogP contribution in [0.5, 0.6) is 0 Å². The molecule has 0 aromatic carbocycles. The molecule has 0 amide bonds. The third-order valence-electron chi connectivity index (χ3n) is 3.51. The number of hydrogen-bond donors (Lipinski definition) is 1. The molecule has 0 spiro atoms. The summed E-state index contributed by atoms with van der Waals surface area (Å²) in [5, 5.41) is 3.42. The predicted octanol–water partition coefficient (Wildman–Crippen LogP) is 0.994. The Labute approximate surface area is 97.7 Å². The molecular weight excluding hydrogens is 200 g/mol. The van der Waals surface area contributed by atoms with E-state index in [2.05, 4.69) is 33.7 Å². The number of rotatable bonds is 4. The summed E-state index contributed by atoms with van der Waals surface area (Å²) in [6.45, 7) is 6.71. The first-order chi connectivity index (χ1) is 7.81. The first-order valence-corrected chi connectivity index (χ1v) is 6.21. The summed E-state index contributed by atoms with van der Waals surface area (Å²) in [4.78, 5) is 6.75. The van der Waals surface area contributed by atoms with Crippen molar-refractivity contribution in [1.82, 2.24) is 19.8 Å². The average Bonchev–Trinajstić information content (AvgIpc) is 2.73. The highest BCUT2D eigenvalue weighted by Crippen LogP contribution is 2.14. The number of imidazole rings is 1. The highest BCUT2D eigenvalue weighted by atomic mass is 15.2. The van der Waals surface area contributed by atoms with Crippen molar-refractivity contribution in [1.29, 1.82) is 0 Å². The van der Waals surface area contributed by atoms with Gasteiger partial charge in [0.15, 0.2) is 0 Å². The van der Waals surface area contributed by atoms with Crippen molar-refractivity contribution in [2.75, 3.05) is 19.6 Å². The highest BCUT2D eigenvalue weighted by Gasteiger charge is 2.20. The summed E-state index contributed by atoms with van der Waals surface area (Å²) in [7, 11) is 2.07. The van der Waals surface area contributed by atoms with Gasteiger partial charge >= 0.3 is 0 Å². The molecule has 1 saturated heterocycles. The largest absolute Gasteiger partial charge is 0.337 e. The first-order valence-electron chi connectivity index (χ1n) is 6.21. The molecule has 16 heavy (non-hydrogen) atoms. The van der Waals surface area contributed by atoms with Crippen LogP contribution in [0, 0.1) is 0 Å². The molecule has 1 aromatic rings. The fourth-order valence-electron chi connectivity index (χ4n) is 2.42. The van der Waals surface area contributed by atoms with Crippen LogP contribution in [0.3, 0.4) is 0 Å². The van der Waals surface area contributed by atoms with Gasteiger partial charge in [0, 0.05) is 25.8 Å². The Balaban J connectivity index is 1.97. The van der Waals surface area contributed by atoms with Crippen molar-refractivity contribution in [2.24, 2.45) is 7.05 Å². The fourth-order valence-corrected chi connectivity index (χ4v) is 2.42. The van der Waals surface area contributed by atoms with Crippen LogP contribution in [0.2, 0.25) is 0 Å². The van der Waals surface area contributed by atoms with Crippen LogP contribution in [0.15, 0.2) is 12.5 Å². The van der Waals surface area contributed by atoms with Crippen molar-refractivity contribution in [2.45, 2.75) is 32.4 Å². The second-order valence-electron chi connectivity index (χ2n) is 4.54. The Kier molecular flexibility index (Phi) is 3.96. The molecule has 0 radical (unpaired) electrons. The SMILES string of the molecule is CCN(Cc1cncn1C)C1CCNCC1. The van der Waals surface area contributed by atoms with E-state index in [4.69, 9.17) is 0 Å². The molecule has 0 unspecified atom stereocenters. The first kappa shape index (κ1) is 11.6. The zero-order valence-corrected chi connectivity index (χ0v) is 10.3. The number of hydrogen-bond acceptors (Lipinski definition) is 3. The van der Waals surface area contributed by atoms with Gasteiger partial charge in [-0.3, -0.25) is 4.90 Å². The molecule has 90 valence electrons. The maximum absolute atomic E-state index is 4.18. The Morgan fingerprint density at radius 3 is 2.81 bits per heavy atom. The van der Waals surface area contributed by atoms with E-state index in [1.54, 1.807) is 0 Å². The van der Waals surface area contributed by atoms with E-state index in [0.29, 0.717) is 0 Å². The van der Waals surface area contributed by atoms with E-state index in [0.717, 1.165) is 32.2 Å². The minimum absolute atomic E-state index is 0.737. The summed E-state index contributed by atoms with van der Waals surface area (Å²) < 4.78 is 2.11. The Morgan fingerprint density at radius 1 is 1.50 bits per heavy atom. The van der Waals surface area contributed by atoms with Crippen molar-refractivity contribution < 1.29 is 0 Å². The van der Waals surface area contributed by atoms with Crippen molar-refractivity contribution >= 4 is 0 Å². The van der Waals surface area contributed by atoms with Crippen LogP contribution < -0.4 is 5.32 Å². The molecular formula is C12H22N4. The van der Waals surface area contributed by atoms with Gasteiger partial charge in [-0.25, -0.2) is 4.98 Å². The van der Waals surface area contributed by atoms with Crippen molar-refractivity contribution in [3.63, 3.8) is 0 Å². The maximum Gasteiger partial charge on any atom is 0.0945 e. The molecule has 4 heteroatoms. The molecule has 0 atom stereocenters. The molecule has 1 fully saturated rings. The van der Waals surface area contributed by atoms with Gasteiger partial charge in [0.1, 0.15) is 0 Å². The normalized spacial score (nSPS) is 18.2. The molecule has 0 saturated carbocycles. The van der Waals surface area contributed by atoms with Gasteiger partial charge in [0.05, 0.1) is 12.0 Å². The number of piperidine rings is 1. The number of aryl methyl sites for hydroxylation is 1. The van der Waals surface area contributed by atoms with Crippen LogP contribution in [-0.2, 0) is 13.6 Å². The molecule has 4 nitrogen and oxygen atoms in total. The van der Waals surface area contributed by atoms with E-state index < -0.39 is 0 Å². The van der Waals surface area contributed by atoms with Crippen LogP contribution >= 0.6 is 0 Å². The Morgan fingerprint density at radius 2 is 2.25 bits per heavy atom. The summed E-state index contributed by atoms with van der Waals surface area (Å²) in [6.07, 6.45) is 6.40. The van der Waals surface area contributed by atoms with Crippen LogP contribution in [0.25, 0.3) is 0 Å². The monoisotopic (exact) mass is 222 g/mol. The van der Waals surface area contributed by atoms with E-state index in [9.17, 15) is 0 Å². The van der Waals surface area contributed by atoms with Gasteiger partial charge in [-0.15, -0.1) is 0 Å². The lowest BCUT2D eigenvalue weighted by Gasteiger charge is -2.33. The zero-order chi connectivity index (χ0) is 11.4. The lowest BCUT2D eigenvalue weighted by Crippen LogP contribution is -2.42. The summed E-state index contributed by atoms with van der Waals surface area (Å²) in [5.41, 5.74) is 1.31. The van der Waals surface area contributed by atoms with Crippen molar-refractivity contribution in [3.8, 4) is 0 Å². The van der Waals surface area contributed by atoms with E-state index in [1.807, 2.05) is 12.5 Å². The van der Waals surface area contributed by atoms with Gasteiger partial charge < -0.3 is 9.88 Å². The molecule has 2 rings (SSSR count). The van der Waals surface area contributed by atoms with Gasteiger partial charge in [0.2, 0.25) is 0 Å². The smallest absolute Gasteiger partial charge is 0.0945 e. The topological polar surface area (TPSA) is 33.1 Å². The Bertz CT molecular complexity index is 315. The standard InChI is InChI=1S/C12H22N4/c1-3-16(11-4-6-13-7-5-11)9-12-8-14-10-15(12)2/h8,10-11,13H,3-7,9H2,1-2H3. The summed E-state index contributed by atoms with van der Waals surface area (Å²) in [6, 6.07) is 0.737. The number of nitrogens with one attached hydrogen (secondary N) is 1. The van der Waals surface area contributed by atoms with E-state index in [-0.39, 0.29) is 0 Å². The molecule has 1 aromatic heterocycles. The fraction of sp³-hybridized carbons (Fsp3) is 0.750. The van der Waals surface area contributed by atoms with E-state index in [1.165, 1.54) is 18.5 Å². The third kappa shape index (κ3) is 2.62. The molecule has 0 bridgehead atoms. The molecule has 0 aliphatic carbocycles. The zero-order valence-electron chi connectivity index (χ0n) is 10.3. The second-order valence-corrected chi connectivity index (χ2v) is 4.54. The molecule has 1 N–H and O–H groups in total. The molecule has 1 aliphatic rings. The molecule has 1 aliphatic heterocycles. The lowest BCUT2D eigenvalue weighted by atomic mass is 10.0. The Hall–Kier alpha value is -0.870. The number of nitrogens with zero attached hydrogens (tertiary/aromatic N) is 3. The highest BCUT2D eigenvalue weighted by molar-refractivity contribution is 4.98. The summed E-state index contributed by atoms with van der Waals surface area (Å²) >= 11 is 0. The van der Waals surface area contributed by atoms with Crippen LogP contribution in [0.4, 0.5) is 0 Å². The van der Waals surface area contributed by atoms with E-state index >= 15 is 0 Å². The van der Waals surface area contributed by atoms with Crippen molar-refractivity contribution in [3.05, 3.63) is 18.2 Å². The second kappa shape index (κ2) is 5.46. The minimum atomic E-state index is 0.737. The maximum atomic E-state index is 4.18. The lowest BCUT2D eigenvalue weighted by molar-refractivity contribution is 0.159. The average molecular weight is 222 g/mol. The van der Waals surface area contributed by atoms with Gasteiger partial charge in [-0.05, 0) is 32.5 Å². The van der Waals surface area contributed by atoms with Crippen LogP contribution in [0.1, 0.15) is 25.5 Å². The predicted molar refractivity (Wildman–Crippen MR) is 65.2 cm³/mol. The third-order valence-corrected chi connectivity index (χ3v) is 3.51.